The highest BCUT2D eigenvalue weighted by molar-refractivity contribution is 7.88. The van der Waals surface area contributed by atoms with Crippen LogP contribution in [0.15, 0.2) is 30.3 Å². The molecule has 3 rings (SSSR count). The third-order valence-corrected chi connectivity index (χ3v) is 6.75. The summed E-state index contributed by atoms with van der Waals surface area (Å²) in [6.07, 6.45) is 2.51. The highest BCUT2D eigenvalue weighted by Crippen LogP contribution is 2.29. The molecule has 2 aliphatic heterocycles. The molecule has 0 spiro atoms. The molecule has 2 aliphatic rings. The number of hydrogen-bond donors (Lipinski definition) is 0. The summed E-state index contributed by atoms with van der Waals surface area (Å²) in [6, 6.07) is 10.1. The van der Waals surface area contributed by atoms with Crippen molar-refractivity contribution in [1.29, 1.82) is 0 Å². The van der Waals surface area contributed by atoms with E-state index in [0.717, 1.165) is 13.0 Å². The standard InChI is InChI=1S/C19H29N3O3S/c1-19(2)15-21(26(3,24)25)14-17-13-20(11-12-22(17)19)18(23)10-9-16-7-5-4-6-8-16/h4-8,17H,9-15H2,1-3H3/t17-/m0/s1. The molecule has 6 nitrogen and oxygen atoms in total. The fraction of sp³-hybridized carbons (Fsp3) is 0.632. The Morgan fingerprint density at radius 3 is 2.50 bits per heavy atom. The fourth-order valence-corrected chi connectivity index (χ4v) is 5.16. The van der Waals surface area contributed by atoms with Crippen molar-refractivity contribution in [2.24, 2.45) is 0 Å². The highest BCUT2D eigenvalue weighted by Gasteiger charge is 2.45. The van der Waals surface area contributed by atoms with Crippen LogP contribution in [0.4, 0.5) is 0 Å². The Kier molecular flexibility index (Phi) is 5.42. The van der Waals surface area contributed by atoms with Gasteiger partial charge in [0.05, 0.1) is 6.26 Å². The molecule has 0 N–H and O–H groups in total. The molecule has 0 unspecified atom stereocenters. The van der Waals surface area contributed by atoms with Gasteiger partial charge in [0.2, 0.25) is 15.9 Å². The molecule has 0 saturated carbocycles. The van der Waals surface area contributed by atoms with Gasteiger partial charge in [-0.05, 0) is 25.8 Å². The molecule has 7 heteroatoms. The van der Waals surface area contributed by atoms with E-state index in [0.29, 0.717) is 32.6 Å². The van der Waals surface area contributed by atoms with E-state index in [1.54, 1.807) is 4.31 Å². The zero-order valence-electron chi connectivity index (χ0n) is 15.9. The number of hydrogen-bond acceptors (Lipinski definition) is 4. The first kappa shape index (κ1) is 19.3. The van der Waals surface area contributed by atoms with Gasteiger partial charge in [-0.1, -0.05) is 30.3 Å². The van der Waals surface area contributed by atoms with Gasteiger partial charge in [0.1, 0.15) is 0 Å². The largest absolute Gasteiger partial charge is 0.340 e. The Morgan fingerprint density at radius 1 is 1.15 bits per heavy atom. The Balaban J connectivity index is 1.64. The lowest BCUT2D eigenvalue weighted by molar-refractivity contribution is -0.137. The van der Waals surface area contributed by atoms with E-state index >= 15 is 0 Å². The van der Waals surface area contributed by atoms with Crippen molar-refractivity contribution in [2.75, 3.05) is 39.0 Å². The second-order valence-corrected chi connectivity index (χ2v) is 10.0. The molecular weight excluding hydrogens is 350 g/mol. The minimum atomic E-state index is -3.23. The van der Waals surface area contributed by atoms with Crippen LogP contribution >= 0.6 is 0 Å². The minimum Gasteiger partial charge on any atom is -0.340 e. The molecule has 1 aromatic rings. The van der Waals surface area contributed by atoms with Gasteiger partial charge in [0, 0.05) is 50.7 Å². The first-order valence-corrected chi connectivity index (χ1v) is 11.1. The van der Waals surface area contributed by atoms with E-state index in [4.69, 9.17) is 0 Å². The minimum absolute atomic E-state index is 0.0582. The maximum Gasteiger partial charge on any atom is 0.222 e. The van der Waals surface area contributed by atoms with E-state index in [1.807, 2.05) is 35.2 Å². The van der Waals surface area contributed by atoms with Crippen LogP contribution in [-0.4, -0.2) is 79.0 Å². The first-order chi connectivity index (χ1) is 12.2. The lowest BCUT2D eigenvalue weighted by Gasteiger charge is -2.54. The average molecular weight is 380 g/mol. The summed E-state index contributed by atoms with van der Waals surface area (Å²) in [7, 11) is -3.23. The van der Waals surface area contributed by atoms with Crippen LogP contribution in [0.1, 0.15) is 25.8 Å². The Hall–Kier alpha value is -1.44. The quantitative estimate of drug-likeness (QED) is 0.788. The normalized spacial score (nSPS) is 24.3. The number of fused-ring (bicyclic) bond motifs is 1. The smallest absolute Gasteiger partial charge is 0.222 e. The number of nitrogens with zero attached hydrogens (tertiary/aromatic N) is 3. The molecule has 0 aromatic heterocycles. The zero-order valence-corrected chi connectivity index (χ0v) is 16.7. The second kappa shape index (κ2) is 7.29. The molecule has 2 saturated heterocycles. The van der Waals surface area contributed by atoms with Crippen LogP contribution in [0.2, 0.25) is 0 Å². The molecule has 144 valence electrons. The van der Waals surface area contributed by atoms with Crippen molar-refractivity contribution in [3.8, 4) is 0 Å². The van der Waals surface area contributed by atoms with Crippen molar-refractivity contribution >= 4 is 15.9 Å². The van der Waals surface area contributed by atoms with Gasteiger partial charge in [-0.15, -0.1) is 0 Å². The number of sulfonamides is 1. The van der Waals surface area contributed by atoms with E-state index < -0.39 is 10.0 Å². The molecule has 1 amide bonds. The molecular formula is C19H29N3O3S. The SMILES string of the molecule is CC1(C)CN(S(C)(=O)=O)C[C@@H]2CN(C(=O)CCc3ccccc3)CCN21. The lowest BCUT2D eigenvalue weighted by atomic mass is 9.94. The van der Waals surface area contributed by atoms with E-state index in [-0.39, 0.29) is 17.5 Å². The number of carbonyl (C=O) groups is 1. The number of benzene rings is 1. The predicted molar refractivity (Wildman–Crippen MR) is 102 cm³/mol. The van der Waals surface area contributed by atoms with Crippen molar-refractivity contribution < 1.29 is 13.2 Å². The maximum absolute atomic E-state index is 12.7. The zero-order chi connectivity index (χ0) is 18.9. The van der Waals surface area contributed by atoms with E-state index in [2.05, 4.69) is 18.7 Å². The van der Waals surface area contributed by atoms with Crippen LogP contribution in [0, 0.1) is 0 Å². The molecule has 2 fully saturated rings. The predicted octanol–water partition coefficient (Wildman–Crippen LogP) is 1.19. The summed E-state index contributed by atoms with van der Waals surface area (Å²) in [6.45, 7) is 7.26. The Morgan fingerprint density at radius 2 is 1.85 bits per heavy atom. The summed E-state index contributed by atoms with van der Waals surface area (Å²) < 4.78 is 25.7. The van der Waals surface area contributed by atoms with Crippen LogP contribution in [-0.2, 0) is 21.2 Å². The summed E-state index contributed by atoms with van der Waals surface area (Å²) in [5, 5.41) is 0. The Bertz CT molecular complexity index is 749. The lowest BCUT2D eigenvalue weighted by Crippen LogP contribution is -2.70. The second-order valence-electron chi connectivity index (χ2n) is 8.04. The van der Waals surface area contributed by atoms with Gasteiger partial charge in [-0.3, -0.25) is 9.69 Å². The third kappa shape index (κ3) is 4.27. The fourth-order valence-electron chi connectivity index (χ4n) is 4.16. The Labute approximate surface area is 156 Å². The molecule has 0 aliphatic carbocycles. The topological polar surface area (TPSA) is 60.9 Å². The van der Waals surface area contributed by atoms with Gasteiger partial charge in [-0.25, -0.2) is 8.42 Å². The molecule has 26 heavy (non-hydrogen) atoms. The summed E-state index contributed by atoms with van der Waals surface area (Å²) >= 11 is 0. The van der Waals surface area contributed by atoms with Crippen LogP contribution < -0.4 is 0 Å². The van der Waals surface area contributed by atoms with Gasteiger partial charge in [0.15, 0.2) is 0 Å². The maximum atomic E-state index is 12.7. The number of aryl methyl sites for hydroxylation is 1. The third-order valence-electron chi connectivity index (χ3n) is 5.53. The highest BCUT2D eigenvalue weighted by atomic mass is 32.2. The number of carbonyl (C=O) groups excluding carboxylic acids is 1. The van der Waals surface area contributed by atoms with Crippen LogP contribution in [0.3, 0.4) is 0 Å². The molecule has 0 bridgehead atoms. The van der Waals surface area contributed by atoms with Gasteiger partial charge >= 0.3 is 0 Å². The number of piperazine rings is 2. The molecule has 2 heterocycles. The first-order valence-electron chi connectivity index (χ1n) is 9.20. The van der Waals surface area contributed by atoms with Gasteiger partial charge in [0.25, 0.3) is 0 Å². The average Bonchev–Trinajstić information content (AvgIpc) is 2.58. The van der Waals surface area contributed by atoms with Gasteiger partial charge < -0.3 is 4.90 Å². The van der Waals surface area contributed by atoms with Crippen molar-refractivity contribution in [3.05, 3.63) is 35.9 Å². The summed E-state index contributed by atoms with van der Waals surface area (Å²) in [5.41, 5.74) is 0.951. The van der Waals surface area contributed by atoms with E-state index in [1.165, 1.54) is 11.8 Å². The van der Waals surface area contributed by atoms with Crippen molar-refractivity contribution in [1.82, 2.24) is 14.1 Å². The number of rotatable bonds is 4. The summed E-state index contributed by atoms with van der Waals surface area (Å²) in [5.74, 6) is 0.155. The summed E-state index contributed by atoms with van der Waals surface area (Å²) in [4.78, 5) is 16.9. The number of amides is 1. The van der Waals surface area contributed by atoms with Gasteiger partial charge in [-0.2, -0.15) is 4.31 Å². The monoisotopic (exact) mass is 379 g/mol. The molecule has 0 radical (unpaired) electrons. The van der Waals surface area contributed by atoms with Crippen molar-refractivity contribution in [2.45, 2.75) is 38.3 Å². The van der Waals surface area contributed by atoms with Crippen LogP contribution in [0.5, 0.6) is 0 Å². The molecule has 1 aromatic carbocycles. The van der Waals surface area contributed by atoms with Crippen molar-refractivity contribution in [3.63, 3.8) is 0 Å². The van der Waals surface area contributed by atoms with E-state index in [9.17, 15) is 13.2 Å². The van der Waals surface area contributed by atoms with Crippen LogP contribution in [0.25, 0.3) is 0 Å². The molecule has 1 atom stereocenters.